The monoisotopic (exact) mass is 507 g/mol. The summed E-state index contributed by atoms with van der Waals surface area (Å²) in [5, 5.41) is 2.77. The quantitative estimate of drug-likeness (QED) is 0.299. The van der Waals surface area contributed by atoms with Crippen molar-refractivity contribution in [1.82, 2.24) is 15.3 Å². The number of imidazole rings is 1. The summed E-state index contributed by atoms with van der Waals surface area (Å²) < 4.78 is 33.4. The van der Waals surface area contributed by atoms with Crippen LogP contribution in [0.2, 0.25) is 0 Å². The van der Waals surface area contributed by atoms with Crippen LogP contribution in [0.25, 0.3) is 11.0 Å². The smallest absolute Gasteiger partial charge is 0.323 e. The minimum atomic E-state index is -3.92. The van der Waals surface area contributed by atoms with Gasteiger partial charge in [0.05, 0.1) is 21.6 Å². The Kier molecular flexibility index (Phi) is 5.94. The lowest BCUT2D eigenvalue weighted by Crippen LogP contribution is -2.43. The van der Waals surface area contributed by atoms with Crippen LogP contribution in [-0.2, 0) is 14.8 Å². The fourth-order valence-corrected chi connectivity index (χ4v) is 4.95. The largest absolute Gasteiger partial charge is 0.482 e. The normalized spacial score (nSPS) is 13.2. The van der Waals surface area contributed by atoms with Gasteiger partial charge in [0.15, 0.2) is 6.61 Å². The first-order valence-electron chi connectivity index (χ1n) is 11.0. The number of rotatable bonds is 7. The van der Waals surface area contributed by atoms with Crippen LogP contribution in [0.3, 0.4) is 0 Å². The molecule has 4 aromatic rings. The average molecular weight is 508 g/mol. The van der Waals surface area contributed by atoms with Crippen LogP contribution in [-0.4, -0.2) is 49.9 Å². The first-order valence-corrected chi connectivity index (χ1v) is 12.4. The highest BCUT2D eigenvalue weighted by atomic mass is 32.2. The maximum Gasteiger partial charge on any atom is 0.323 e. The maximum absolute atomic E-state index is 12.7. The van der Waals surface area contributed by atoms with Crippen molar-refractivity contribution in [3.05, 3.63) is 82.8 Å². The van der Waals surface area contributed by atoms with Crippen LogP contribution < -0.4 is 25.4 Å². The van der Waals surface area contributed by atoms with Gasteiger partial charge in [0, 0.05) is 24.3 Å². The van der Waals surface area contributed by atoms with E-state index in [-0.39, 0.29) is 42.1 Å². The number of hydrogen-bond acceptors (Lipinski definition) is 6. The zero-order valence-corrected chi connectivity index (χ0v) is 19.6. The molecule has 4 N–H and O–H groups in total. The van der Waals surface area contributed by atoms with Crippen LogP contribution in [0, 0.1) is 0 Å². The number of para-hydroxylation sites is 2. The minimum absolute atomic E-state index is 0.0219. The summed E-state index contributed by atoms with van der Waals surface area (Å²) in [6.07, 6.45) is 0. The molecule has 0 fully saturated rings. The number of hydrogen-bond donors (Lipinski definition) is 4. The molecule has 11 nitrogen and oxygen atoms in total. The number of anilines is 2. The van der Waals surface area contributed by atoms with Gasteiger partial charge >= 0.3 is 5.69 Å². The Bertz CT molecular complexity index is 1620. The Hall–Kier alpha value is -4.58. The summed E-state index contributed by atoms with van der Waals surface area (Å²) in [6.45, 7) is 0.440. The van der Waals surface area contributed by atoms with Gasteiger partial charge in [0.2, 0.25) is 0 Å². The van der Waals surface area contributed by atoms with Crippen molar-refractivity contribution in [3.63, 3.8) is 0 Å². The van der Waals surface area contributed by atoms with Gasteiger partial charge in [-0.3, -0.25) is 14.3 Å². The van der Waals surface area contributed by atoms with E-state index >= 15 is 0 Å². The fourth-order valence-electron chi connectivity index (χ4n) is 3.86. The summed E-state index contributed by atoms with van der Waals surface area (Å²) in [7, 11) is -3.92. The number of fused-ring (bicyclic) bond motifs is 2. The minimum Gasteiger partial charge on any atom is -0.482 e. The number of sulfonamides is 1. The highest BCUT2D eigenvalue weighted by Crippen LogP contribution is 2.31. The van der Waals surface area contributed by atoms with Crippen LogP contribution >= 0.6 is 0 Å². The van der Waals surface area contributed by atoms with Gasteiger partial charge < -0.3 is 24.9 Å². The molecule has 0 radical (unpaired) electrons. The molecule has 5 rings (SSSR count). The summed E-state index contributed by atoms with van der Waals surface area (Å²) >= 11 is 0. The third-order valence-electron chi connectivity index (χ3n) is 5.63. The van der Waals surface area contributed by atoms with E-state index in [4.69, 9.17) is 4.74 Å². The molecule has 12 heteroatoms. The second-order valence-corrected chi connectivity index (χ2v) is 9.71. The van der Waals surface area contributed by atoms with Crippen molar-refractivity contribution in [2.75, 3.05) is 29.3 Å². The van der Waals surface area contributed by atoms with Crippen molar-refractivity contribution < 1.29 is 22.7 Å². The molecule has 1 aromatic heterocycles. The molecule has 0 bridgehead atoms. The van der Waals surface area contributed by atoms with E-state index < -0.39 is 15.7 Å². The Morgan fingerprint density at radius 1 is 0.972 bits per heavy atom. The predicted octanol–water partition coefficient (Wildman–Crippen LogP) is 1.81. The predicted molar refractivity (Wildman–Crippen MR) is 133 cm³/mol. The molecular formula is C24H21N5O6S. The van der Waals surface area contributed by atoms with E-state index in [2.05, 4.69) is 20.0 Å². The SMILES string of the molecule is O=C(NCCN1C(=O)COc2ccccc21)c1ccc(NS(=O)(=O)c2ccc3[nH]c(=O)[nH]c3c2)cc1. The molecule has 3 aromatic carbocycles. The molecule has 0 saturated heterocycles. The van der Waals surface area contributed by atoms with E-state index in [1.807, 2.05) is 12.1 Å². The summed E-state index contributed by atoms with van der Waals surface area (Å²) in [6, 6.07) is 17.4. The molecule has 0 spiro atoms. The van der Waals surface area contributed by atoms with Crippen LogP contribution in [0.1, 0.15) is 10.4 Å². The lowest BCUT2D eigenvalue weighted by Gasteiger charge is -2.29. The highest BCUT2D eigenvalue weighted by Gasteiger charge is 2.24. The zero-order chi connectivity index (χ0) is 25.3. The molecular weight excluding hydrogens is 486 g/mol. The molecule has 0 saturated carbocycles. The van der Waals surface area contributed by atoms with Crippen molar-refractivity contribution in [2.24, 2.45) is 0 Å². The zero-order valence-electron chi connectivity index (χ0n) is 18.8. The number of nitrogens with zero attached hydrogens (tertiary/aromatic N) is 1. The third kappa shape index (κ3) is 4.66. The van der Waals surface area contributed by atoms with Crippen LogP contribution in [0.5, 0.6) is 5.75 Å². The molecule has 36 heavy (non-hydrogen) atoms. The first-order chi connectivity index (χ1) is 17.3. The van der Waals surface area contributed by atoms with Crippen molar-refractivity contribution in [1.29, 1.82) is 0 Å². The summed E-state index contributed by atoms with van der Waals surface area (Å²) in [5.74, 6) is 0.0599. The Morgan fingerprint density at radius 3 is 2.53 bits per heavy atom. The molecule has 0 atom stereocenters. The van der Waals surface area contributed by atoms with E-state index in [9.17, 15) is 22.8 Å². The lowest BCUT2D eigenvalue weighted by molar-refractivity contribution is -0.121. The van der Waals surface area contributed by atoms with Gasteiger partial charge in [-0.15, -0.1) is 0 Å². The van der Waals surface area contributed by atoms with Gasteiger partial charge in [-0.2, -0.15) is 0 Å². The van der Waals surface area contributed by atoms with Gasteiger partial charge in [0.25, 0.3) is 21.8 Å². The molecule has 1 aliphatic rings. The molecule has 1 aliphatic heterocycles. The van der Waals surface area contributed by atoms with Crippen molar-refractivity contribution in [3.8, 4) is 5.75 Å². The topological polar surface area (TPSA) is 153 Å². The second-order valence-electron chi connectivity index (χ2n) is 8.03. The number of aromatic amines is 2. The maximum atomic E-state index is 12.7. The van der Waals surface area contributed by atoms with Gasteiger partial charge in [0.1, 0.15) is 5.75 Å². The Balaban J connectivity index is 1.20. The summed E-state index contributed by atoms with van der Waals surface area (Å²) in [4.78, 5) is 42.8. The molecule has 2 amide bonds. The second kappa shape index (κ2) is 9.23. The number of nitrogens with one attached hydrogen (secondary N) is 4. The number of benzene rings is 3. The molecule has 2 heterocycles. The van der Waals surface area contributed by atoms with Gasteiger partial charge in [-0.05, 0) is 54.6 Å². The summed E-state index contributed by atoms with van der Waals surface area (Å²) in [5.41, 5.74) is 1.70. The first kappa shape index (κ1) is 23.2. The lowest BCUT2D eigenvalue weighted by atomic mass is 10.2. The molecule has 0 aliphatic carbocycles. The van der Waals surface area contributed by atoms with Crippen molar-refractivity contribution >= 4 is 44.2 Å². The van der Waals surface area contributed by atoms with E-state index in [1.54, 1.807) is 17.0 Å². The van der Waals surface area contributed by atoms with E-state index in [1.165, 1.54) is 42.5 Å². The number of amides is 2. The molecule has 0 unspecified atom stereocenters. The van der Waals surface area contributed by atoms with E-state index in [0.717, 1.165) is 0 Å². The number of carbonyl (C=O) groups is 2. The average Bonchev–Trinajstić information content (AvgIpc) is 3.25. The van der Waals surface area contributed by atoms with Crippen LogP contribution in [0.4, 0.5) is 11.4 Å². The van der Waals surface area contributed by atoms with E-state index in [0.29, 0.717) is 28.0 Å². The fraction of sp³-hybridized carbons (Fsp3) is 0.125. The number of carbonyl (C=O) groups excluding carboxylic acids is 2. The molecule has 184 valence electrons. The number of ether oxygens (including phenoxy) is 1. The van der Waals surface area contributed by atoms with Crippen LogP contribution in [0.15, 0.2) is 76.4 Å². The Labute approximate surface area is 205 Å². The van der Waals surface area contributed by atoms with Gasteiger partial charge in [-0.25, -0.2) is 13.2 Å². The Morgan fingerprint density at radius 2 is 1.72 bits per heavy atom. The number of aromatic nitrogens is 2. The van der Waals surface area contributed by atoms with Crippen molar-refractivity contribution in [2.45, 2.75) is 4.90 Å². The third-order valence-corrected chi connectivity index (χ3v) is 7.01. The van der Waals surface area contributed by atoms with Gasteiger partial charge in [-0.1, -0.05) is 12.1 Å². The number of H-pyrrole nitrogens is 2. The standard InChI is InChI=1S/C24H21N5O6S/c30-22-14-35-21-4-2-1-3-20(21)29(22)12-11-25-23(31)15-5-7-16(8-6-15)28-36(33,34)17-9-10-18-19(13-17)27-24(32)26-18/h1-10,13,28H,11-12,14H2,(H,25,31)(H2,26,27,32). The highest BCUT2D eigenvalue weighted by molar-refractivity contribution is 7.92.